The molecule has 6 heteroatoms. The van der Waals surface area contributed by atoms with Crippen LogP contribution in [0.25, 0.3) is 0 Å². The predicted octanol–water partition coefficient (Wildman–Crippen LogP) is 3.79. The standard InChI is InChI=1S/C14H12Cl2N2O2/c1-20-8-9-4-2-3-5-12(9)18-14(19)10-6-13(16)17-7-11(10)15/h2-7H,8H2,1H3,(H,18,19). The van der Waals surface area contributed by atoms with Gasteiger partial charge in [0.2, 0.25) is 0 Å². The van der Waals surface area contributed by atoms with Crippen LogP contribution in [0.4, 0.5) is 5.69 Å². The third-order valence-electron chi connectivity index (χ3n) is 2.63. The molecule has 1 N–H and O–H groups in total. The number of carbonyl (C=O) groups is 1. The zero-order valence-electron chi connectivity index (χ0n) is 10.7. The fourth-order valence-corrected chi connectivity index (χ4v) is 2.05. The topological polar surface area (TPSA) is 51.2 Å². The Kier molecular flexibility index (Phi) is 4.95. The lowest BCUT2D eigenvalue weighted by Crippen LogP contribution is -2.14. The maximum atomic E-state index is 12.2. The van der Waals surface area contributed by atoms with Crippen molar-refractivity contribution in [1.82, 2.24) is 4.98 Å². The number of benzene rings is 1. The Morgan fingerprint density at radius 2 is 2.10 bits per heavy atom. The summed E-state index contributed by atoms with van der Waals surface area (Å²) < 4.78 is 5.09. The molecule has 4 nitrogen and oxygen atoms in total. The molecule has 1 aromatic heterocycles. The fourth-order valence-electron chi connectivity index (χ4n) is 1.70. The van der Waals surface area contributed by atoms with Gasteiger partial charge in [0, 0.05) is 24.6 Å². The molecule has 0 saturated carbocycles. The number of hydrogen-bond donors (Lipinski definition) is 1. The number of nitrogens with zero attached hydrogens (tertiary/aromatic N) is 1. The van der Waals surface area contributed by atoms with E-state index in [9.17, 15) is 4.79 Å². The molecule has 1 heterocycles. The van der Waals surface area contributed by atoms with Crippen LogP contribution in [0.2, 0.25) is 10.2 Å². The third kappa shape index (κ3) is 3.48. The number of para-hydroxylation sites is 1. The molecule has 0 bridgehead atoms. The Bertz CT molecular complexity index is 632. The normalized spacial score (nSPS) is 10.3. The zero-order valence-corrected chi connectivity index (χ0v) is 12.2. The molecule has 104 valence electrons. The molecule has 1 aromatic carbocycles. The predicted molar refractivity (Wildman–Crippen MR) is 79.4 cm³/mol. The molecule has 2 aromatic rings. The number of hydrogen-bond acceptors (Lipinski definition) is 3. The highest BCUT2D eigenvalue weighted by Gasteiger charge is 2.13. The molecule has 0 aliphatic rings. The molecule has 20 heavy (non-hydrogen) atoms. The first-order valence-electron chi connectivity index (χ1n) is 5.81. The summed E-state index contributed by atoms with van der Waals surface area (Å²) in [4.78, 5) is 16.0. The summed E-state index contributed by atoms with van der Waals surface area (Å²) in [6, 6.07) is 8.80. The number of methoxy groups -OCH3 is 1. The van der Waals surface area contributed by atoms with Crippen LogP contribution in [-0.4, -0.2) is 18.0 Å². The van der Waals surface area contributed by atoms with Crippen molar-refractivity contribution < 1.29 is 9.53 Å². The largest absolute Gasteiger partial charge is 0.380 e. The highest BCUT2D eigenvalue weighted by Crippen LogP contribution is 2.21. The van der Waals surface area contributed by atoms with Crippen molar-refractivity contribution in [2.24, 2.45) is 0 Å². The molecule has 1 amide bonds. The van der Waals surface area contributed by atoms with E-state index in [-0.39, 0.29) is 21.6 Å². The number of anilines is 1. The minimum absolute atomic E-state index is 0.213. The van der Waals surface area contributed by atoms with Gasteiger partial charge in [-0.3, -0.25) is 4.79 Å². The molecule has 0 unspecified atom stereocenters. The van der Waals surface area contributed by atoms with Crippen LogP contribution in [0, 0.1) is 0 Å². The third-order valence-corrected chi connectivity index (χ3v) is 3.14. The van der Waals surface area contributed by atoms with E-state index in [1.54, 1.807) is 13.2 Å². The van der Waals surface area contributed by atoms with Gasteiger partial charge in [-0.25, -0.2) is 4.98 Å². The Labute approximate surface area is 126 Å². The van der Waals surface area contributed by atoms with E-state index in [1.165, 1.54) is 12.3 Å². The second kappa shape index (κ2) is 6.70. The lowest BCUT2D eigenvalue weighted by molar-refractivity contribution is 0.102. The van der Waals surface area contributed by atoms with Crippen molar-refractivity contribution in [1.29, 1.82) is 0 Å². The summed E-state index contributed by atoms with van der Waals surface area (Å²) in [6.07, 6.45) is 1.35. The van der Waals surface area contributed by atoms with E-state index < -0.39 is 0 Å². The number of aromatic nitrogens is 1. The van der Waals surface area contributed by atoms with Gasteiger partial charge in [0.1, 0.15) is 5.15 Å². The van der Waals surface area contributed by atoms with Crippen molar-refractivity contribution in [2.75, 3.05) is 12.4 Å². The van der Waals surface area contributed by atoms with Gasteiger partial charge in [0.05, 0.1) is 17.2 Å². The van der Waals surface area contributed by atoms with Crippen LogP contribution in [0.3, 0.4) is 0 Å². The molecule has 0 radical (unpaired) electrons. The molecular formula is C14H12Cl2N2O2. The first kappa shape index (κ1) is 14.8. The molecule has 0 aliphatic heterocycles. The van der Waals surface area contributed by atoms with Crippen molar-refractivity contribution in [2.45, 2.75) is 6.61 Å². The average Bonchev–Trinajstić information content (AvgIpc) is 2.44. The highest BCUT2D eigenvalue weighted by molar-refractivity contribution is 6.35. The Morgan fingerprint density at radius 1 is 1.35 bits per heavy atom. The maximum absolute atomic E-state index is 12.2. The van der Waals surface area contributed by atoms with Crippen LogP contribution < -0.4 is 5.32 Å². The number of nitrogens with one attached hydrogen (secondary N) is 1. The van der Waals surface area contributed by atoms with E-state index in [0.717, 1.165) is 5.56 Å². The van der Waals surface area contributed by atoms with Gasteiger partial charge >= 0.3 is 0 Å². The van der Waals surface area contributed by atoms with Gasteiger partial charge in [-0.2, -0.15) is 0 Å². The van der Waals surface area contributed by atoms with E-state index >= 15 is 0 Å². The van der Waals surface area contributed by atoms with E-state index in [0.29, 0.717) is 12.3 Å². The second-order valence-corrected chi connectivity index (χ2v) is 4.83. The molecular weight excluding hydrogens is 299 g/mol. The maximum Gasteiger partial charge on any atom is 0.257 e. The summed E-state index contributed by atoms with van der Waals surface area (Å²) in [5, 5.41) is 3.25. The van der Waals surface area contributed by atoms with Gasteiger partial charge in [0.15, 0.2) is 0 Å². The quantitative estimate of drug-likeness (QED) is 0.874. The van der Waals surface area contributed by atoms with E-state index in [4.69, 9.17) is 27.9 Å². The van der Waals surface area contributed by atoms with Gasteiger partial charge in [-0.1, -0.05) is 41.4 Å². The number of carbonyl (C=O) groups excluding carboxylic acids is 1. The average molecular weight is 311 g/mol. The highest BCUT2D eigenvalue weighted by atomic mass is 35.5. The van der Waals surface area contributed by atoms with E-state index in [1.807, 2.05) is 18.2 Å². The number of ether oxygens (including phenoxy) is 1. The molecule has 2 rings (SSSR count). The lowest BCUT2D eigenvalue weighted by atomic mass is 10.1. The smallest absolute Gasteiger partial charge is 0.257 e. The number of pyridine rings is 1. The van der Waals surface area contributed by atoms with Crippen LogP contribution in [0.15, 0.2) is 36.5 Å². The van der Waals surface area contributed by atoms with Gasteiger partial charge < -0.3 is 10.1 Å². The fraction of sp³-hybridized carbons (Fsp3) is 0.143. The molecule has 0 spiro atoms. The van der Waals surface area contributed by atoms with Crippen LogP contribution in [0.5, 0.6) is 0 Å². The van der Waals surface area contributed by atoms with Crippen molar-refractivity contribution in [3.8, 4) is 0 Å². The van der Waals surface area contributed by atoms with Gasteiger partial charge in [-0.15, -0.1) is 0 Å². The van der Waals surface area contributed by atoms with Crippen molar-refractivity contribution >= 4 is 34.8 Å². The summed E-state index contributed by atoms with van der Waals surface area (Å²) in [6.45, 7) is 0.404. The number of amides is 1. The zero-order chi connectivity index (χ0) is 14.5. The second-order valence-electron chi connectivity index (χ2n) is 4.03. The van der Waals surface area contributed by atoms with Crippen LogP contribution in [0.1, 0.15) is 15.9 Å². The first-order valence-corrected chi connectivity index (χ1v) is 6.56. The lowest BCUT2D eigenvalue weighted by Gasteiger charge is -2.11. The Morgan fingerprint density at radius 3 is 2.85 bits per heavy atom. The Balaban J connectivity index is 2.26. The van der Waals surface area contributed by atoms with Crippen molar-refractivity contribution in [3.63, 3.8) is 0 Å². The minimum atomic E-state index is -0.345. The minimum Gasteiger partial charge on any atom is -0.380 e. The van der Waals surface area contributed by atoms with Crippen LogP contribution >= 0.6 is 23.2 Å². The van der Waals surface area contributed by atoms with Gasteiger partial charge in [0.25, 0.3) is 5.91 Å². The molecule has 0 atom stereocenters. The monoisotopic (exact) mass is 310 g/mol. The molecule has 0 fully saturated rings. The summed E-state index contributed by atoms with van der Waals surface area (Å²) >= 11 is 11.7. The molecule has 0 saturated heterocycles. The first-order chi connectivity index (χ1) is 9.61. The summed E-state index contributed by atoms with van der Waals surface area (Å²) in [7, 11) is 1.60. The number of halogens is 2. The summed E-state index contributed by atoms with van der Waals surface area (Å²) in [5.41, 5.74) is 1.82. The Hall–Kier alpha value is -1.62. The summed E-state index contributed by atoms with van der Waals surface area (Å²) in [5.74, 6) is -0.345. The van der Waals surface area contributed by atoms with E-state index in [2.05, 4.69) is 10.3 Å². The molecule has 0 aliphatic carbocycles. The number of rotatable bonds is 4. The SMILES string of the molecule is COCc1ccccc1NC(=O)c1cc(Cl)ncc1Cl. The van der Waals surface area contributed by atoms with Gasteiger partial charge in [-0.05, 0) is 12.1 Å². The van der Waals surface area contributed by atoms with Crippen molar-refractivity contribution in [3.05, 3.63) is 57.8 Å². The van der Waals surface area contributed by atoms with Crippen LogP contribution in [-0.2, 0) is 11.3 Å².